The van der Waals surface area contributed by atoms with Gasteiger partial charge in [-0.1, -0.05) is 63.8 Å². The molecule has 2 aromatic rings. The number of aryl methyl sites for hydroxylation is 1. The molecule has 2 saturated carbocycles. The van der Waals surface area contributed by atoms with Crippen molar-refractivity contribution in [3.8, 4) is 11.5 Å². The summed E-state index contributed by atoms with van der Waals surface area (Å²) >= 11 is 0. The van der Waals surface area contributed by atoms with Crippen molar-refractivity contribution in [3.63, 3.8) is 0 Å². The number of hydrogen-bond donors (Lipinski definition) is 1. The van der Waals surface area contributed by atoms with Crippen LogP contribution < -0.4 is 9.47 Å². The van der Waals surface area contributed by atoms with Gasteiger partial charge in [0.05, 0.1) is 12.7 Å². The second kappa shape index (κ2) is 14.9. The molecule has 0 unspecified atom stereocenters. The minimum absolute atomic E-state index is 0.0921. The summed E-state index contributed by atoms with van der Waals surface area (Å²) in [6, 6.07) is 15.0. The van der Waals surface area contributed by atoms with Crippen molar-refractivity contribution in [1.29, 1.82) is 0 Å². The van der Waals surface area contributed by atoms with E-state index >= 15 is 0 Å². The van der Waals surface area contributed by atoms with Crippen molar-refractivity contribution in [3.05, 3.63) is 71.8 Å². The van der Waals surface area contributed by atoms with E-state index in [2.05, 4.69) is 74.8 Å². The van der Waals surface area contributed by atoms with Crippen molar-refractivity contribution in [2.75, 3.05) is 26.7 Å². The van der Waals surface area contributed by atoms with Crippen molar-refractivity contribution in [2.45, 2.75) is 116 Å². The lowest BCUT2D eigenvalue weighted by Crippen LogP contribution is -2.53. The lowest BCUT2D eigenvalue weighted by atomic mass is 9.44. The van der Waals surface area contributed by atoms with Gasteiger partial charge in [0.2, 0.25) is 0 Å². The number of allylic oxidation sites excluding steroid dienone is 1. The summed E-state index contributed by atoms with van der Waals surface area (Å²) < 4.78 is 11.7. The largest absolute Gasteiger partial charge is 0.494 e. The number of fused-ring (bicyclic) bond motifs is 5. The van der Waals surface area contributed by atoms with Crippen LogP contribution in [0.15, 0.2) is 55.1 Å². The number of nitrogens with zero attached hydrogens (tertiary/aromatic N) is 1. The summed E-state index contributed by atoms with van der Waals surface area (Å²) in [6.45, 7) is 13.7. The summed E-state index contributed by atoms with van der Waals surface area (Å²) in [6.07, 6.45) is 15.4. The Bertz CT molecular complexity index is 1290. The molecule has 3 aliphatic carbocycles. The van der Waals surface area contributed by atoms with Crippen molar-refractivity contribution in [1.82, 2.24) is 4.90 Å². The molecule has 5 heteroatoms. The van der Waals surface area contributed by atoms with Gasteiger partial charge in [-0.25, -0.2) is 0 Å². The molecule has 1 N–H and O–H groups in total. The first-order chi connectivity index (χ1) is 21.7. The topological polar surface area (TPSA) is 59.0 Å². The van der Waals surface area contributed by atoms with Crippen molar-refractivity contribution in [2.24, 2.45) is 16.7 Å². The zero-order valence-electron chi connectivity index (χ0n) is 28.4. The van der Waals surface area contributed by atoms with E-state index in [4.69, 9.17) is 9.47 Å². The highest BCUT2D eigenvalue weighted by Crippen LogP contribution is 2.71. The number of benzene rings is 2. The Labute approximate surface area is 272 Å². The SMILES string of the molecule is C=C[C@@]12CCc3cc(OC(C)=O)ccc3[C@H]1[C@@H](c1ccc(OCCCCCCCN(C)CCCC)cc1)C[C@@]1(C)[C@H]2CC[C@@H]1O. The fraction of sp³-hybridized carbons (Fsp3) is 0.625. The molecule has 0 amide bonds. The second-order valence-electron chi connectivity index (χ2n) is 14.6. The van der Waals surface area contributed by atoms with Crippen molar-refractivity contribution < 1.29 is 19.4 Å². The molecule has 0 saturated heterocycles. The molecule has 5 nitrogen and oxygen atoms in total. The monoisotopic (exact) mass is 615 g/mol. The Morgan fingerprint density at radius 2 is 1.73 bits per heavy atom. The van der Waals surface area contributed by atoms with Gasteiger partial charge in [0.1, 0.15) is 11.5 Å². The van der Waals surface area contributed by atoms with Crippen LogP contribution in [0, 0.1) is 16.7 Å². The van der Waals surface area contributed by atoms with Crippen LogP contribution in [0.1, 0.15) is 120 Å². The van der Waals surface area contributed by atoms with Crippen LogP contribution in [0.5, 0.6) is 11.5 Å². The van der Waals surface area contributed by atoms with Crippen LogP contribution in [0.2, 0.25) is 0 Å². The van der Waals surface area contributed by atoms with Gasteiger partial charge < -0.3 is 19.5 Å². The van der Waals surface area contributed by atoms with Gasteiger partial charge in [-0.2, -0.15) is 0 Å². The molecule has 0 heterocycles. The van der Waals surface area contributed by atoms with E-state index in [1.807, 2.05) is 6.07 Å². The lowest BCUT2D eigenvalue weighted by Gasteiger charge is -2.60. The van der Waals surface area contributed by atoms with E-state index in [0.717, 1.165) is 50.9 Å². The van der Waals surface area contributed by atoms with Crippen LogP contribution in [0.3, 0.4) is 0 Å². The maximum atomic E-state index is 11.7. The van der Waals surface area contributed by atoms with Gasteiger partial charge in [0.25, 0.3) is 0 Å². The molecule has 6 atom stereocenters. The third-order valence-electron chi connectivity index (χ3n) is 11.6. The number of carbonyl (C=O) groups is 1. The predicted octanol–water partition coefficient (Wildman–Crippen LogP) is 8.84. The van der Waals surface area contributed by atoms with Crippen LogP contribution in [0.25, 0.3) is 0 Å². The molecule has 0 bridgehead atoms. The van der Waals surface area contributed by atoms with E-state index in [1.165, 1.54) is 75.2 Å². The van der Waals surface area contributed by atoms with Crippen LogP contribution in [0.4, 0.5) is 0 Å². The Hall–Kier alpha value is -2.63. The van der Waals surface area contributed by atoms with Gasteiger partial charge in [-0.05, 0) is 135 Å². The molecule has 2 fully saturated rings. The average Bonchev–Trinajstić information content (AvgIpc) is 3.34. The normalized spacial score (nSPS) is 28.7. The van der Waals surface area contributed by atoms with Gasteiger partial charge in [-0.3, -0.25) is 4.79 Å². The highest BCUT2D eigenvalue weighted by molar-refractivity contribution is 5.69. The van der Waals surface area contributed by atoms with Crippen molar-refractivity contribution >= 4 is 5.97 Å². The van der Waals surface area contributed by atoms with E-state index in [1.54, 1.807) is 0 Å². The maximum Gasteiger partial charge on any atom is 0.308 e. The van der Waals surface area contributed by atoms with Crippen LogP contribution >= 0.6 is 0 Å². The van der Waals surface area contributed by atoms with E-state index in [9.17, 15) is 9.90 Å². The van der Waals surface area contributed by atoms with Gasteiger partial charge in [0, 0.05) is 12.8 Å². The fourth-order valence-corrected chi connectivity index (χ4v) is 9.32. The molecule has 246 valence electrons. The first kappa shape index (κ1) is 33.7. The third-order valence-corrected chi connectivity index (χ3v) is 11.6. The number of unbranched alkanes of at least 4 members (excludes halogenated alkanes) is 5. The zero-order valence-corrected chi connectivity index (χ0v) is 28.4. The van der Waals surface area contributed by atoms with E-state index < -0.39 is 0 Å². The van der Waals surface area contributed by atoms with Crippen LogP contribution in [-0.4, -0.2) is 48.8 Å². The van der Waals surface area contributed by atoms with Gasteiger partial charge >= 0.3 is 5.97 Å². The number of hydrogen-bond acceptors (Lipinski definition) is 5. The molecule has 0 radical (unpaired) electrons. The quantitative estimate of drug-likeness (QED) is 0.0939. The summed E-state index contributed by atoms with van der Waals surface area (Å²) in [5.74, 6) is 2.16. The third kappa shape index (κ3) is 7.20. The number of esters is 1. The second-order valence-corrected chi connectivity index (χ2v) is 14.6. The summed E-state index contributed by atoms with van der Waals surface area (Å²) in [5, 5.41) is 11.3. The molecular formula is C40H57NO4. The number of aliphatic hydroxyl groups excluding tert-OH is 1. The highest BCUT2D eigenvalue weighted by Gasteiger charge is 2.63. The smallest absolute Gasteiger partial charge is 0.308 e. The molecule has 0 aliphatic heterocycles. The van der Waals surface area contributed by atoms with E-state index in [0.29, 0.717) is 11.7 Å². The zero-order chi connectivity index (χ0) is 32.0. The number of rotatable bonds is 15. The Kier molecular flexibility index (Phi) is 11.1. The minimum Gasteiger partial charge on any atom is -0.494 e. The first-order valence-electron chi connectivity index (χ1n) is 17.8. The molecule has 0 spiro atoms. The van der Waals surface area contributed by atoms with E-state index in [-0.39, 0.29) is 34.7 Å². The Morgan fingerprint density at radius 1 is 1.02 bits per heavy atom. The molecular weight excluding hydrogens is 558 g/mol. The van der Waals surface area contributed by atoms with Crippen LogP contribution in [-0.2, 0) is 11.2 Å². The molecule has 3 aliphatic rings. The number of ether oxygens (including phenoxy) is 2. The molecule has 0 aromatic heterocycles. The molecule has 45 heavy (non-hydrogen) atoms. The molecule has 5 rings (SSSR count). The Balaban J connectivity index is 1.26. The number of aliphatic hydroxyl groups is 1. The number of carbonyl (C=O) groups excluding carboxylic acids is 1. The molecule has 2 aromatic carbocycles. The summed E-state index contributed by atoms with van der Waals surface area (Å²) in [5.41, 5.74) is 3.68. The summed E-state index contributed by atoms with van der Waals surface area (Å²) in [4.78, 5) is 14.1. The van der Waals surface area contributed by atoms with Gasteiger partial charge in [0.15, 0.2) is 0 Å². The first-order valence-corrected chi connectivity index (χ1v) is 17.8. The lowest BCUT2D eigenvalue weighted by molar-refractivity contribution is -0.131. The fourth-order valence-electron chi connectivity index (χ4n) is 9.32. The minimum atomic E-state index is -0.292. The average molecular weight is 616 g/mol. The predicted molar refractivity (Wildman–Crippen MR) is 183 cm³/mol. The van der Waals surface area contributed by atoms with Gasteiger partial charge in [-0.15, -0.1) is 6.58 Å². The highest BCUT2D eigenvalue weighted by atomic mass is 16.5. The maximum absolute atomic E-state index is 11.7. The Morgan fingerprint density at radius 3 is 2.47 bits per heavy atom. The standard InChI is InChI=1S/C40H57NO4/c1-6-8-24-41(5)25-12-10-9-11-13-26-44-32-16-14-30(15-17-32)35-28-39(4)36(20-21-37(39)43)40(7-2)23-22-31-27-33(45-29(3)42)18-19-34(31)38(35)40/h7,14-19,27,35-38,43H,2,6,8-13,20-26,28H2,1,3-5H3/t35-,36-,37+,38+,39+,40+/m1/s1. The summed E-state index contributed by atoms with van der Waals surface area (Å²) in [7, 11) is 2.24.